The molecule has 0 bridgehead atoms. The fourth-order valence-electron chi connectivity index (χ4n) is 2.26. The molecule has 1 aliphatic rings. The lowest BCUT2D eigenvalue weighted by atomic mass is 9.94. The van der Waals surface area contributed by atoms with Crippen molar-refractivity contribution in [2.24, 2.45) is 11.7 Å². The zero-order chi connectivity index (χ0) is 14.0. The highest BCUT2D eigenvalue weighted by molar-refractivity contribution is 5.49. The van der Waals surface area contributed by atoms with Crippen molar-refractivity contribution in [3.63, 3.8) is 0 Å². The van der Waals surface area contributed by atoms with E-state index in [0.717, 1.165) is 25.2 Å². The Balaban J connectivity index is 2.02. The Morgan fingerprint density at radius 1 is 1.26 bits per heavy atom. The van der Waals surface area contributed by atoms with E-state index in [2.05, 4.69) is 16.6 Å². The van der Waals surface area contributed by atoms with Crippen molar-refractivity contribution in [1.29, 1.82) is 0 Å². The van der Waals surface area contributed by atoms with Crippen LogP contribution in [0.1, 0.15) is 13.3 Å². The van der Waals surface area contributed by atoms with Crippen LogP contribution in [0.2, 0.25) is 0 Å². The first-order valence-corrected chi connectivity index (χ1v) is 6.21. The van der Waals surface area contributed by atoms with Crippen molar-refractivity contribution in [1.82, 2.24) is 0 Å². The molecule has 1 saturated heterocycles. The van der Waals surface area contributed by atoms with Gasteiger partial charge in [0.25, 0.3) is 0 Å². The van der Waals surface area contributed by atoms with Crippen molar-refractivity contribution in [2.75, 3.05) is 18.0 Å². The number of alkyl halides is 3. The Hall–Kier alpha value is -1.43. The van der Waals surface area contributed by atoms with Gasteiger partial charge in [-0.05, 0) is 36.6 Å². The Kier molecular flexibility index (Phi) is 3.89. The van der Waals surface area contributed by atoms with E-state index < -0.39 is 6.36 Å². The average molecular weight is 274 g/mol. The van der Waals surface area contributed by atoms with Gasteiger partial charge in [-0.25, -0.2) is 0 Å². The van der Waals surface area contributed by atoms with Gasteiger partial charge in [0.2, 0.25) is 0 Å². The van der Waals surface area contributed by atoms with Gasteiger partial charge in [0, 0.05) is 24.8 Å². The molecule has 19 heavy (non-hydrogen) atoms. The van der Waals surface area contributed by atoms with Crippen molar-refractivity contribution < 1.29 is 17.9 Å². The summed E-state index contributed by atoms with van der Waals surface area (Å²) in [6.07, 6.45) is -3.75. The van der Waals surface area contributed by atoms with Gasteiger partial charge in [-0.1, -0.05) is 6.92 Å². The molecule has 106 valence electrons. The standard InChI is InChI=1S/C13H17F3N2O/c1-9-8-18(7-6-12(9)17)10-2-4-11(5-3-10)19-13(14,15)16/h2-5,9,12H,6-8,17H2,1H3. The quantitative estimate of drug-likeness (QED) is 0.901. The summed E-state index contributed by atoms with van der Waals surface area (Å²) in [6, 6.07) is 6.16. The third kappa shape index (κ3) is 3.76. The first-order chi connectivity index (χ1) is 8.85. The number of hydrogen-bond acceptors (Lipinski definition) is 3. The monoisotopic (exact) mass is 274 g/mol. The van der Waals surface area contributed by atoms with E-state index in [0.29, 0.717) is 5.92 Å². The number of nitrogens with zero attached hydrogens (tertiary/aromatic N) is 1. The molecule has 2 N–H and O–H groups in total. The Morgan fingerprint density at radius 2 is 1.89 bits per heavy atom. The van der Waals surface area contributed by atoms with Crippen molar-refractivity contribution >= 4 is 5.69 Å². The number of hydrogen-bond donors (Lipinski definition) is 1. The van der Waals surface area contributed by atoms with Gasteiger partial charge in [0.1, 0.15) is 5.75 Å². The molecule has 2 rings (SSSR count). The fourth-order valence-corrected chi connectivity index (χ4v) is 2.26. The summed E-state index contributed by atoms with van der Waals surface area (Å²) in [5, 5.41) is 0. The first-order valence-electron chi connectivity index (χ1n) is 6.21. The van der Waals surface area contributed by atoms with E-state index >= 15 is 0 Å². The van der Waals surface area contributed by atoms with Crippen LogP contribution in [0.4, 0.5) is 18.9 Å². The molecule has 6 heteroatoms. The molecule has 1 aliphatic heterocycles. The molecule has 1 aromatic rings. The van der Waals surface area contributed by atoms with Crippen LogP contribution in [-0.2, 0) is 0 Å². The highest BCUT2D eigenvalue weighted by Crippen LogP contribution is 2.27. The summed E-state index contributed by atoms with van der Waals surface area (Å²) in [5.74, 6) is 0.179. The molecule has 0 saturated carbocycles. The Labute approximate surface area is 110 Å². The molecule has 2 unspecified atom stereocenters. The van der Waals surface area contributed by atoms with Gasteiger partial charge in [-0.3, -0.25) is 0 Å². The van der Waals surface area contributed by atoms with Crippen molar-refractivity contribution in [3.8, 4) is 5.75 Å². The number of anilines is 1. The van der Waals surface area contributed by atoms with Crippen LogP contribution in [-0.4, -0.2) is 25.5 Å². The molecule has 0 radical (unpaired) electrons. The summed E-state index contributed by atoms with van der Waals surface area (Å²) in [5.41, 5.74) is 6.84. The molecule has 1 fully saturated rings. The molecule has 3 nitrogen and oxygen atoms in total. The van der Waals surface area contributed by atoms with E-state index in [1.807, 2.05) is 0 Å². The summed E-state index contributed by atoms with van der Waals surface area (Å²) < 4.78 is 40.0. The zero-order valence-electron chi connectivity index (χ0n) is 10.7. The van der Waals surface area contributed by atoms with Crippen LogP contribution in [0.25, 0.3) is 0 Å². The summed E-state index contributed by atoms with van der Waals surface area (Å²) >= 11 is 0. The number of ether oxygens (including phenoxy) is 1. The third-order valence-corrected chi connectivity index (χ3v) is 3.41. The Bertz CT molecular complexity index is 419. The predicted octanol–water partition coefficient (Wildman–Crippen LogP) is 2.76. The fraction of sp³-hybridized carbons (Fsp3) is 0.538. The van der Waals surface area contributed by atoms with Gasteiger partial charge in [-0.2, -0.15) is 0 Å². The summed E-state index contributed by atoms with van der Waals surface area (Å²) in [4.78, 5) is 2.13. The van der Waals surface area contributed by atoms with Gasteiger partial charge < -0.3 is 15.4 Å². The molecule has 0 aromatic heterocycles. The van der Waals surface area contributed by atoms with E-state index in [1.165, 1.54) is 12.1 Å². The van der Waals surface area contributed by atoms with Gasteiger partial charge in [-0.15, -0.1) is 13.2 Å². The van der Waals surface area contributed by atoms with Crippen LogP contribution in [0, 0.1) is 5.92 Å². The van der Waals surface area contributed by atoms with Crippen LogP contribution in [0.5, 0.6) is 5.75 Å². The maximum Gasteiger partial charge on any atom is 0.573 e. The second kappa shape index (κ2) is 5.28. The number of piperidine rings is 1. The smallest absolute Gasteiger partial charge is 0.406 e. The molecule has 1 heterocycles. The minimum absolute atomic E-state index is 0.196. The first kappa shape index (κ1) is 14.0. The molecular formula is C13H17F3N2O. The molecular weight excluding hydrogens is 257 g/mol. The average Bonchev–Trinajstić information content (AvgIpc) is 2.32. The third-order valence-electron chi connectivity index (χ3n) is 3.41. The van der Waals surface area contributed by atoms with Gasteiger partial charge >= 0.3 is 6.36 Å². The summed E-state index contributed by atoms with van der Waals surface area (Å²) in [7, 11) is 0. The SMILES string of the molecule is CC1CN(c2ccc(OC(F)(F)F)cc2)CCC1N. The lowest BCUT2D eigenvalue weighted by Crippen LogP contribution is -2.45. The maximum atomic E-state index is 12.0. The van der Waals surface area contributed by atoms with Crippen molar-refractivity contribution in [3.05, 3.63) is 24.3 Å². The predicted molar refractivity (Wildman–Crippen MR) is 67.1 cm³/mol. The minimum Gasteiger partial charge on any atom is -0.406 e. The van der Waals surface area contributed by atoms with Gasteiger partial charge in [0.15, 0.2) is 0 Å². The van der Waals surface area contributed by atoms with E-state index in [9.17, 15) is 13.2 Å². The number of benzene rings is 1. The molecule has 0 amide bonds. The molecule has 0 aliphatic carbocycles. The molecule has 1 aromatic carbocycles. The Morgan fingerprint density at radius 3 is 2.42 bits per heavy atom. The second-order valence-electron chi connectivity index (χ2n) is 4.92. The van der Waals surface area contributed by atoms with E-state index in [1.54, 1.807) is 12.1 Å². The normalized spacial score (nSPS) is 24.4. The topological polar surface area (TPSA) is 38.5 Å². The lowest BCUT2D eigenvalue weighted by Gasteiger charge is -2.36. The largest absolute Gasteiger partial charge is 0.573 e. The number of rotatable bonds is 2. The molecule has 2 atom stereocenters. The van der Waals surface area contributed by atoms with Crippen LogP contribution < -0.4 is 15.4 Å². The van der Waals surface area contributed by atoms with E-state index in [4.69, 9.17) is 5.73 Å². The van der Waals surface area contributed by atoms with Crippen molar-refractivity contribution in [2.45, 2.75) is 25.7 Å². The van der Waals surface area contributed by atoms with E-state index in [-0.39, 0.29) is 11.8 Å². The summed E-state index contributed by atoms with van der Waals surface area (Å²) in [6.45, 7) is 3.73. The maximum absolute atomic E-state index is 12.0. The minimum atomic E-state index is -4.64. The zero-order valence-corrected chi connectivity index (χ0v) is 10.7. The highest BCUT2D eigenvalue weighted by Gasteiger charge is 2.31. The van der Waals surface area contributed by atoms with Crippen LogP contribution in [0.15, 0.2) is 24.3 Å². The number of nitrogens with two attached hydrogens (primary N) is 1. The highest BCUT2D eigenvalue weighted by atomic mass is 19.4. The molecule has 0 spiro atoms. The van der Waals surface area contributed by atoms with Gasteiger partial charge in [0.05, 0.1) is 0 Å². The van der Waals surface area contributed by atoms with Crippen LogP contribution in [0.3, 0.4) is 0 Å². The lowest BCUT2D eigenvalue weighted by molar-refractivity contribution is -0.274. The van der Waals surface area contributed by atoms with Crippen LogP contribution >= 0.6 is 0 Å². The second-order valence-corrected chi connectivity index (χ2v) is 4.92. The number of halogens is 3.